The Morgan fingerprint density at radius 3 is 3.05 bits per heavy atom. The van der Waals surface area contributed by atoms with Crippen LogP contribution in [0.1, 0.15) is 0 Å². The average Bonchev–Trinajstić information content (AvgIpc) is 3.03. The Balaban J connectivity index is 1.75. The fourth-order valence-electron chi connectivity index (χ4n) is 1.93. The lowest BCUT2D eigenvalue weighted by Crippen LogP contribution is -2.26. The van der Waals surface area contributed by atoms with Crippen LogP contribution in [-0.4, -0.2) is 38.9 Å². The first-order valence-corrected chi connectivity index (χ1v) is 6.85. The highest BCUT2D eigenvalue weighted by molar-refractivity contribution is 14.1. The minimum atomic E-state index is -0.504. The number of hydrogen-bond donors (Lipinski definition) is 0. The zero-order valence-electron chi connectivity index (χ0n) is 10.1. The van der Waals surface area contributed by atoms with Crippen molar-refractivity contribution in [1.82, 2.24) is 20.2 Å². The Hall–Kier alpha value is -1.78. The smallest absolute Gasteiger partial charge is 0.414 e. The van der Waals surface area contributed by atoms with Gasteiger partial charge in [0, 0.05) is 3.57 Å². The van der Waals surface area contributed by atoms with Crippen LogP contribution >= 0.6 is 22.6 Å². The normalized spacial score (nSPS) is 18.4. The van der Waals surface area contributed by atoms with Crippen LogP contribution in [0.3, 0.4) is 0 Å². The number of carbonyl (C=O) groups is 1. The van der Waals surface area contributed by atoms with E-state index in [0.717, 1.165) is 0 Å². The summed E-state index contributed by atoms with van der Waals surface area (Å²) < 4.78 is 19.3. The van der Waals surface area contributed by atoms with Crippen molar-refractivity contribution in [2.24, 2.45) is 0 Å². The van der Waals surface area contributed by atoms with Crippen molar-refractivity contribution in [3.8, 4) is 0 Å². The van der Waals surface area contributed by atoms with E-state index in [1.54, 1.807) is 12.1 Å². The minimum absolute atomic E-state index is 0.315. The van der Waals surface area contributed by atoms with E-state index in [9.17, 15) is 9.18 Å². The lowest BCUT2D eigenvalue weighted by Gasteiger charge is -2.13. The minimum Gasteiger partial charge on any atom is -0.442 e. The summed E-state index contributed by atoms with van der Waals surface area (Å²) in [6.45, 7) is 0.634. The van der Waals surface area contributed by atoms with Crippen molar-refractivity contribution in [3.05, 3.63) is 33.9 Å². The number of tetrazole rings is 1. The second-order valence-electron chi connectivity index (χ2n) is 4.21. The first kappa shape index (κ1) is 13.2. The SMILES string of the molecule is O=C1O[C@@H](Cn2ncnn2)CN1c1ccc(I)c(F)c1. The molecule has 1 aliphatic heterocycles. The second kappa shape index (κ2) is 5.31. The van der Waals surface area contributed by atoms with Gasteiger partial charge in [0.05, 0.1) is 12.2 Å². The number of carbonyl (C=O) groups excluding carboxylic acids is 1. The number of rotatable bonds is 3. The standard InChI is InChI=1S/C11H9FIN5O2/c12-9-3-7(1-2-10(9)13)17-4-8(20-11(17)19)5-18-15-6-14-16-18/h1-3,6,8H,4-5H2/t8-/m1/s1. The van der Waals surface area contributed by atoms with E-state index in [2.05, 4.69) is 15.4 Å². The third-order valence-electron chi connectivity index (χ3n) is 2.85. The van der Waals surface area contributed by atoms with Gasteiger partial charge in [0.25, 0.3) is 0 Å². The number of ether oxygens (including phenoxy) is 1. The summed E-state index contributed by atoms with van der Waals surface area (Å²) in [5.74, 6) is -0.364. The van der Waals surface area contributed by atoms with Crippen LogP contribution in [0.25, 0.3) is 0 Å². The quantitative estimate of drug-likeness (QED) is 0.744. The lowest BCUT2D eigenvalue weighted by atomic mass is 10.2. The molecule has 2 aromatic rings. The molecule has 1 atom stereocenters. The zero-order valence-corrected chi connectivity index (χ0v) is 12.3. The van der Waals surface area contributed by atoms with Crippen LogP contribution < -0.4 is 4.90 Å². The molecule has 3 rings (SSSR count). The molecule has 1 aliphatic rings. The maximum atomic E-state index is 13.5. The number of cyclic esters (lactones) is 1. The molecule has 0 bridgehead atoms. The van der Waals surface area contributed by atoms with Gasteiger partial charge in [-0.2, -0.15) is 4.80 Å². The molecule has 1 amide bonds. The third kappa shape index (κ3) is 2.57. The van der Waals surface area contributed by atoms with Crippen molar-refractivity contribution < 1.29 is 13.9 Å². The summed E-state index contributed by atoms with van der Waals surface area (Å²) in [4.78, 5) is 14.6. The number of anilines is 1. The van der Waals surface area contributed by atoms with E-state index < -0.39 is 6.09 Å². The zero-order chi connectivity index (χ0) is 14.1. The van der Waals surface area contributed by atoms with E-state index in [1.165, 1.54) is 22.1 Å². The summed E-state index contributed by atoms with van der Waals surface area (Å²) >= 11 is 1.89. The van der Waals surface area contributed by atoms with E-state index in [1.807, 2.05) is 22.6 Å². The van der Waals surface area contributed by atoms with Gasteiger partial charge in [-0.25, -0.2) is 9.18 Å². The molecule has 0 radical (unpaired) electrons. The first-order valence-electron chi connectivity index (χ1n) is 5.77. The van der Waals surface area contributed by atoms with Gasteiger partial charge in [-0.05, 0) is 46.0 Å². The molecule has 0 spiro atoms. The van der Waals surface area contributed by atoms with Crippen molar-refractivity contribution in [3.63, 3.8) is 0 Å². The summed E-state index contributed by atoms with van der Waals surface area (Å²) in [5, 5.41) is 11.1. The fraction of sp³-hybridized carbons (Fsp3) is 0.273. The molecule has 1 aromatic heterocycles. The first-order chi connectivity index (χ1) is 9.63. The van der Waals surface area contributed by atoms with Gasteiger partial charge in [-0.1, -0.05) is 0 Å². The van der Waals surface area contributed by atoms with Crippen molar-refractivity contribution in [2.75, 3.05) is 11.4 Å². The van der Waals surface area contributed by atoms with Crippen LogP contribution in [0.4, 0.5) is 14.9 Å². The molecular weight excluding hydrogens is 380 g/mol. The van der Waals surface area contributed by atoms with Crippen LogP contribution in [0.15, 0.2) is 24.5 Å². The summed E-state index contributed by atoms with van der Waals surface area (Å²) in [6, 6.07) is 4.62. The van der Waals surface area contributed by atoms with E-state index in [-0.39, 0.29) is 11.9 Å². The molecule has 104 valence electrons. The number of hydrogen-bond acceptors (Lipinski definition) is 5. The van der Waals surface area contributed by atoms with Gasteiger partial charge < -0.3 is 4.74 Å². The predicted molar refractivity (Wildman–Crippen MR) is 74.5 cm³/mol. The molecule has 0 saturated carbocycles. The van der Waals surface area contributed by atoms with Gasteiger partial charge in [-0.15, -0.1) is 10.2 Å². The van der Waals surface area contributed by atoms with Crippen LogP contribution in [0.5, 0.6) is 0 Å². The molecule has 0 aliphatic carbocycles. The molecule has 0 N–H and O–H groups in total. The number of aromatic nitrogens is 4. The Kier molecular flexibility index (Phi) is 3.51. The van der Waals surface area contributed by atoms with Gasteiger partial charge in [-0.3, -0.25) is 4.90 Å². The van der Waals surface area contributed by atoms with E-state index >= 15 is 0 Å². The molecular formula is C11H9FIN5O2. The van der Waals surface area contributed by atoms with Gasteiger partial charge in [0.1, 0.15) is 18.5 Å². The Bertz CT molecular complexity index is 636. The van der Waals surface area contributed by atoms with Crippen molar-refractivity contribution in [1.29, 1.82) is 0 Å². The molecule has 20 heavy (non-hydrogen) atoms. The molecule has 1 fully saturated rings. The van der Waals surface area contributed by atoms with E-state index in [0.29, 0.717) is 22.3 Å². The number of nitrogens with zero attached hydrogens (tertiary/aromatic N) is 5. The van der Waals surface area contributed by atoms with Gasteiger partial charge >= 0.3 is 6.09 Å². The third-order valence-corrected chi connectivity index (χ3v) is 3.72. The highest BCUT2D eigenvalue weighted by atomic mass is 127. The summed E-state index contributed by atoms with van der Waals surface area (Å²) in [7, 11) is 0. The summed E-state index contributed by atoms with van der Waals surface area (Å²) in [5.41, 5.74) is 0.474. The van der Waals surface area contributed by atoms with Gasteiger partial charge in [0.15, 0.2) is 6.33 Å². The Morgan fingerprint density at radius 2 is 2.35 bits per heavy atom. The Labute approximate surface area is 126 Å². The molecule has 7 nitrogen and oxygen atoms in total. The van der Waals surface area contributed by atoms with Crippen molar-refractivity contribution >= 4 is 34.4 Å². The number of amides is 1. The topological polar surface area (TPSA) is 73.1 Å². The lowest BCUT2D eigenvalue weighted by molar-refractivity contribution is 0.126. The molecule has 1 saturated heterocycles. The van der Waals surface area contributed by atoms with Crippen LogP contribution in [-0.2, 0) is 11.3 Å². The molecule has 2 heterocycles. The van der Waals surface area contributed by atoms with E-state index in [4.69, 9.17) is 4.74 Å². The van der Waals surface area contributed by atoms with Crippen LogP contribution in [0, 0.1) is 9.39 Å². The highest BCUT2D eigenvalue weighted by Gasteiger charge is 2.33. The monoisotopic (exact) mass is 389 g/mol. The van der Waals surface area contributed by atoms with Crippen molar-refractivity contribution in [2.45, 2.75) is 12.6 Å². The highest BCUT2D eigenvalue weighted by Crippen LogP contribution is 2.24. The number of halogens is 2. The largest absolute Gasteiger partial charge is 0.442 e. The molecule has 1 aromatic carbocycles. The fourth-order valence-corrected chi connectivity index (χ4v) is 2.27. The van der Waals surface area contributed by atoms with Crippen LogP contribution in [0.2, 0.25) is 0 Å². The van der Waals surface area contributed by atoms with Gasteiger partial charge in [0.2, 0.25) is 0 Å². The Morgan fingerprint density at radius 1 is 1.50 bits per heavy atom. The number of benzene rings is 1. The predicted octanol–water partition coefficient (Wildman–Crippen LogP) is 1.44. The average molecular weight is 389 g/mol. The molecule has 9 heteroatoms. The molecule has 0 unspecified atom stereocenters. The second-order valence-corrected chi connectivity index (χ2v) is 5.37. The summed E-state index contributed by atoms with van der Waals surface area (Å²) in [6.07, 6.45) is 0.415. The maximum absolute atomic E-state index is 13.5. The maximum Gasteiger partial charge on any atom is 0.414 e.